The Balaban J connectivity index is 1.87. The van der Waals surface area contributed by atoms with Crippen LogP contribution < -0.4 is 10.6 Å². The number of hydrogen-bond donors (Lipinski definition) is 2. The second-order valence-corrected chi connectivity index (χ2v) is 6.40. The van der Waals surface area contributed by atoms with Crippen LogP contribution in [0.2, 0.25) is 10.0 Å². The van der Waals surface area contributed by atoms with Gasteiger partial charge in [0.05, 0.1) is 22.3 Å². The number of amides is 1. The van der Waals surface area contributed by atoms with E-state index in [4.69, 9.17) is 23.2 Å². The molecule has 2 unspecified atom stereocenters. The van der Waals surface area contributed by atoms with Crippen molar-refractivity contribution in [3.05, 3.63) is 28.2 Å². The van der Waals surface area contributed by atoms with Crippen molar-refractivity contribution in [1.29, 1.82) is 0 Å². The van der Waals surface area contributed by atoms with E-state index in [1.165, 1.54) is 19.3 Å². The highest BCUT2D eigenvalue weighted by Gasteiger charge is 2.23. The van der Waals surface area contributed by atoms with Crippen LogP contribution >= 0.6 is 23.2 Å². The molecule has 0 bridgehead atoms. The Morgan fingerprint density at radius 2 is 1.90 bits per heavy atom. The highest BCUT2D eigenvalue weighted by atomic mass is 35.5. The third-order valence-corrected chi connectivity index (χ3v) is 4.82. The minimum absolute atomic E-state index is 0.106. The summed E-state index contributed by atoms with van der Waals surface area (Å²) in [5, 5.41) is 7.09. The van der Waals surface area contributed by atoms with E-state index in [0.717, 1.165) is 12.8 Å². The Hall–Kier alpha value is -0.770. The van der Waals surface area contributed by atoms with Crippen LogP contribution in [0.25, 0.3) is 0 Å². The van der Waals surface area contributed by atoms with Gasteiger partial charge >= 0.3 is 0 Å². The molecule has 0 radical (unpaired) electrons. The number of carbonyl (C=O) groups excluding carboxylic acids is 1. The summed E-state index contributed by atoms with van der Waals surface area (Å²) in [5.41, 5.74) is 0.489. The van der Waals surface area contributed by atoms with Crippen LogP contribution in [0.5, 0.6) is 0 Å². The van der Waals surface area contributed by atoms with Crippen LogP contribution in [-0.2, 0) is 4.79 Å². The summed E-state index contributed by atoms with van der Waals surface area (Å²) in [5.74, 6) is 0.570. The maximum absolute atomic E-state index is 12.1. The van der Waals surface area contributed by atoms with Crippen molar-refractivity contribution in [3.8, 4) is 0 Å². The Bertz CT molecular complexity index is 473. The van der Waals surface area contributed by atoms with Crippen molar-refractivity contribution in [2.24, 2.45) is 5.92 Å². The van der Waals surface area contributed by atoms with Crippen molar-refractivity contribution in [2.45, 2.75) is 45.1 Å². The van der Waals surface area contributed by atoms with Crippen molar-refractivity contribution in [1.82, 2.24) is 5.32 Å². The van der Waals surface area contributed by atoms with Crippen molar-refractivity contribution >= 4 is 34.8 Å². The summed E-state index contributed by atoms with van der Waals surface area (Å²) in [6.45, 7) is 2.51. The molecule has 0 aliphatic heterocycles. The van der Waals surface area contributed by atoms with Crippen LogP contribution in [-0.4, -0.2) is 18.5 Å². The van der Waals surface area contributed by atoms with Gasteiger partial charge in [0, 0.05) is 6.04 Å². The number of rotatable bonds is 5. The number of hydrogen-bond acceptors (Lipinski definition) is 2. The molecule has 1 saturated carbocycles. The molecule has 0 spiro atoms. The maximum Gasteiger partial charge on any atom is 0.238 e. The van der Waals surface area contributed by atoms with E-state index in [1.54, 1.807) is 18.2 Å². The lowest BCUT2D eigenvalue weighted by atomic mass is 9.83. The first-order valence-electron chi connectivity index (χ1n) is 7.59. The molecule has 1 fully saturated rings. The lowest BCUT2D eigenvalue weighted by Gasteiger charge is -2.31. The fourth-order valence-electron chi connectivity index (χ4n) is 2.99. The number of para-hydroxylation sites is 1. The van der Waals surface area contributed by atoms with Crippen molar-refractivity contribution < 1.29 is 4.79 Å². The lowest BCUT2D eigenvalue weighted by Crippen LogP contribution is -2.42. The Kier molecular flexibility index (Phi) is 6.34. The summed E-state index contributed by atoms with van der Waals surface area (Å²) >= 11 is 12.1. The Morgan fingerprint density at radius 1 is 1.24 bits per heavy atom. The van der Waals surface area contributed by atoms with E-state index in [-0.39, 0.29) is 5.91 Å². The van der Waals surface area contributed by atoms with Gasteiger partial charge < -0.3 is 10.6 Å². The molecule has 0 saturated heterocycles. The largest absolute Gasteiger partial charge is 0.322 e. The lowest BCUT2D eigenvalue weighted by molar-refractivity contribution is -0.115. The average Bonchev–Trinajstić information content (AvgIpc) is 2.49. The fraction of sp³-hybridized carbons (Fsp3) is 0.562. The topological polar surface area (TPSA) is 41.1 Å². The maximum atomic E-state index is 12.1. The fourth-order valence-corrected chi connectivity index (χ4v) is 3.48. The number of benzene rings is 1. The number of anilines is 1. The molecule has 1 aromatic carbocycles. The molecule has 1 aromatic rings. The Labute approximate surface area is 136 Å². The number of nitrogens with one attached hydrogen (secondary N) is 2. The predicted octanol–water partition coefficient (Wildman–Crippen LogP) is 4.49. The summed E-state index contributed by atoms with van der Waals surface area (Å²) in [7, 11) is 0. The van der Waals surface area contributed by atoms with Crippen LogP contribution in [0, 0.1) is 5.92 Å². The van der Waals surface area contributed by atoms with Crippen LogP contribution in [0.3, 0.4) is 0 Å². The quantitative estimate of drug-likeness (QED) is 0.836. The summed E-state index contributed by atoms with van der Waals surface area (Å²) in [6.07, 6.45) is 6.12. The molecular weight excluding hydrogens is 307 g/mol. The molecule has 0 aromatic heterocycles. The average molecular weight is 329 g/mol. The van der Waals surface area contributed by atoms with Gasteiger partial charge in [-0.1, -0.05) is 55.5 Å². The molecule has 2 atom stereocenters. The van der Waals surface area contributed by atoms with Gasteiger partial charge in [0.2, 0.25) is 5.91 Å². The smallest absolute Gasteiger partial charge is 0.238 e. The van der Waals surface area contributed by atoms with E-state index in [1.807, 2.05) is 0 Å². The molecule has 0 heterocycles. The van der Waals surface area contributed by atoms with Gasteiger partial charge in [-0.2, -0.15) is 0 Å². The van der Waals surface area contributed by atoms with E-state index in [2.05, 4.69) is 17.6 Å². The predicted molar refractivity (Wildman–Crippen MR) is 89.1 cm³/mol. The van der Waals surface area contributed by atoms with Gasteiger partial charge in [0.15, 0.2) is 0 Å². The first kappa shape index (κ1) is 16.6. The third kappa shape index (κ3) is 4.60. The molecule has 21 heavy (non-hydrogen) atoms. The summed E-state index contributed by atoms with van der Waals surface area (Å²) in [4.78, 5) is 12.1. The highest BCUT2D eigenvalue weighted by molar-refractivity contribution is 6.39. The first-order valence-corrected chi connectivity index (χ1v) is 8.34. The number of halogens is 2. The minimum atomic E-state index is -0.106. The summed E-state index contributed by atoms with van der Waals surface area (Å²) in [6, 6.07) is 5.62. The molecule has 2 rings (SSSR count). The van der Waals surface area contributed by atoms with Gasteiger partial charge in [-0.15, -0.1) is 0 Å². The molecule has 1 aliphatic rings. The monoisotopic (exact) mass is 328 g/mol. The third-order valence-electron chi connectivity index (χ3n) is 4.19. The molecule has 1 amide bonds. The molecule has 2 N–H and O–H groups in total. The van der Waals surface area contributed by atoms with Gasteiger partial charge in [-0.25, -0.2) is 0 Å². The van der Waals surface area contributed by atoms with E-state index in [0.29, 0.717) is 34.2 Å². The SMILES string of the molecule is CCC1CCCCC1NCC(=O)Nc1c(Cl)cccc1Cl. The highest BCUT2D eigenvalue weighted by Crippen LogP contribution is 2.30. The molecule has 3 nitrogen and oxygen atoms in total. The van der Waals surface area contributed by atoms with Crippen LogP contribution in [0.15, 0.2) is 18.2 Å². The first-order chi connectivity index (χ1) is 10.1. The van der Waals surface area contributed by atoms with E-state index in [9.17, 15) is 4.79 Å². The normalized spacial score (nSPS) is 22.0. The van der Waals surface area contributed by atoms with Gasteiger partial charge in [-0.05, 0) is 30.9 Å². The van der Waals surface area contributed by atoms with Crippen molar-refractivity contribution in [3.63, 3.8) is 0 Å². The van der Waals surface area contributed by atoms with Gasteiger partial charge in [0.1, 0.15) is 0 Å². The van der Waals surface area contributed by atoms with Gasteiger partial charge in [-0.3, -0.25) is 4.79 Å². The zero-order valence-electron chi connectivity index (χ0n) is 12.3. The molecular formula is C16H22Cl2N2O. The summed E-state index contributed by atoms with van der Waals surface area (Å²) < 4.78 is 0. The van der Waals surface area contributed by atoms with Gasteiger partial charge in [0.25, 0.3) is 0 Å². The zero-order valence-corrected chi connectivity index (χ0v) is 13.8. The van der Waals surface area contributed by atoms with E-state index < -0.39 is 0 Å². The minimum Gasteiger partial charge on any atom is -0.322 e. The van der Waals surface area contributed by atoms with Crippen LogP contribution in [0.4, 0.5) is 5.69 Å². The number of carbonyl (C=O) groups is 1. The Morgan fingerprint density at radius 3 is 2.57 bits per heavy atom. The van der Waals surface area contributed by atoms with Crippen LogP contribution in [0.1, 0.15) is 39.0 Å². The molecule has 1 aliphatic carbocycles. The van der Waals surface area contributed by atoms with Crippen molar-refractivity contribution in [2.75, 3.05) is 11.9 Å². The second-order valence-electron chi connectivity index (χ2n) is 5.59. The van der Waals surface area contributed by atoms with E-state index >= 15 is 0 Å². The zero-order chi connectivity index (χ0) is 15.2. The molecule has 116 valence electrons. The second kappa shape index (κ2) is 8.02. The standard InChI is InChI=1S/C16H22Cl2N2O/c1-2-11-6-3-4-9-14(11)19-10-15(21)20-16-12(17)7-5-8-13(16)18/h5,7-8,11,14,19H,2-4,6,9-10H2,1H3,(H,20,21). The molecule has 5 heteroatoms.